The van der Waals surface area contributed by atoms with Crippen LogP contribution in [0.25, 0.3) is 0 Å². The van der Waals surface area contributed by atoms with E-state index in [0.29, 0.717) is 6.29 Å². The van der Waals surface area contributed by atoms with Crippen molar-refractivity contribution in [3.8, 4) is 0 Å². The molecule has 0 aromatic carbocycles. The van der Waals surface area contributed by atoms with E-state index >= 15 is 0 Å². The number of nitrogens with zero attached hydrogens (tertiary/aromatic N) is 1. The van der Waals surface area contributed by atoms with Gasteiger partial charge in [-0.1, -0.05) is 23.2 Å². The smallest absolute Gasteiger partial charge is 0.281 e. The number of aldehydes is 1. The molecule has 0 unspecified atom stereocenters. The summed E-state index contributed by atoms with van der Waals surface area (Å²) in [5.74, 6) is 0. The van der Waals surface area contributed by atoms with Gasteiger partial charge in [0.2, 0.25) is 0 Å². The van der Waals surface area contributed by atoms with Crippen molar-refractivity contribution in [2.24, 2.45) is 0 Å². The largest absolute Gasteiger partial charge is 0.296 e. The third kappa shape index (κ3) is 2.14. The maximum absolute atomic E-state index is 12.2. The molecular weight excluding hydrogens is 223 g/mol. The van der Waals surface area contributed by atoms with Crippen LogP contribution in [-0.2, 0) is 0 Å². The van der Waals surface area contributed by atoms with Gasteiger partial charge in [-0.15, -0.1) is 0 Å². The lowest BCUT2D eigenvalue weighted by atomic mass is 10.3. The summed E-state index contributed by atoms with van der Waals surface area (Å²) in [6.45, 7) is 0. The molecule has 0 saturated heterocycles. The minimum absolute atomic E-state index is 0.103. The van der Waals surface area contributed by atoms with Gasteiger partial charge in [0.1, 0.15) is 11.4 Å². The second-order valence-electron chi connectivity index (χ2n) is 2.15. The standard InChI is InChI=1S/C7H3Cl2F2NO/c8-4-1-3(2-13)12-6(5(4)9)7(10)11/h1-2,7H. The molecule has 0 fully saturated rings. The van der Waals surface area contributed by atoms with Gasteiger partial charge in [0, 0.05) is 0 Å². The summed E-state index contributed by atoms with van der Waals surface area (Å²) in [4.78, 5) is 13.6. The zero-order valence-corrected chi connectivity index (χ0v) is 7.61. The summed E-state index contributed by atoms with van der Waals surface area (Å²) in [6, 6.07) is 1.13. The predicted molar refractivity (Wildman–Crippen MR) is 44.6 cm³/mol. The molecule has 0 aliphatic rings. The van der Waals surface area contributed by atoms with E-state index in [0.717, 1.165) is 6.07 Å². The highest BCUT2D eigenvalue weighted by atomic mass is 35.5. The highest BCUT2D eigenvalue weighted by molar-refractivity contribution is 6.42. The second kappa shape index (κ2) is 3.98. The van der Waals surface area contributed by atoms with Crippen molar-refractivity contribution >= 4 is 29.5 Å². The quantitative estimate of drug-likeness (QED) is 0.725. The molecule has 0 saturated carbocycles. The summed E-state index contributed by atoms with van der Waals surface area (Å²) in [7, 11) is 0. The minimum atomic E-state index is -2.84. The van der Waals surface area contributed by atoms with Crippen molar-refractivity contribution in [3.63, 3.8) is 0 Å². The summed E-state index contributed by atoms with van der Waals surface area (Å²) >= 11 is 10.9. The van der Waals surface area contributed by atoms with E-state index < -0.39 is 12.1 Å². The molecule has 13 heavy (non-hydrogen) atoms. The van der Waals surface area contributed by atoms with Crippen molar-refractivity contribution in [3.05, 3.63) is 27.5 Å². The first-order valence-electron chi connectivity index (χ1n) is 3.15. The zero-order chi connectivity index (χ0) is 10.0. The summed E-state index contributed by atoms with van der Waals surface area (Å²) < 4.78 is 24.4. The Morgan fingerprint density at radius 1 is 1.46 bits per heavy atom. The lowest BCUT2D eigenvalue weighted by Crippen LogP contribution is -1.97. The van der Waals surface area contributed by atoms with E-state index in [4.69, 9.17) is 23.2 Å². The first kappa shape index (κ1) is 10.3. The van der Waals surface area contributed by atoms with Gasteiger partial charge in [0.05, 0.1) is 10.0 Å². The summed E-state index contributed by atoms with van der Waals surface area (Å²) in [5.41, 5.74) is -0.832. The highest BCUT2D eigenvalue weighted by Crippen LogP contribution is 2.31. The van der Waals surface area contributed by atoms with Crippen LogP contribution in [-0.4, -0.2) is 11.3 Å². The number of alkyl halides is 2. The first-order chi connectivity index (χ1) is 6.06. The number of halogens is 4. The molecule has 1 heterocycles. The molecule has 0 aliphatic carbocycles. The molecule has 0 N–H and O–H groups in total. The lowest BCUT2D eigenvalue weighted by Gasteiger charge is -2.03. The molecule has 0 aliphatic heterocycles. The van der Waals surface area contributed by atoms with Crippen LogP contribution in [0.15, 0.2) is 6.07 Å². The van der Waals surface area contributed by atoms with Crippen molar-refractivity contribution in [1.82, 2.24) is 4.98 Å². The number of hydrogen-bond acceptors (Lipinski definition) is 2. The third-order valence-corrected chi connectivity index (χ3v) is 2.08. The van der Waals surface area contributed by atoms with E-state index in [-0.39, 0.29) is 15.7 Å². The van der Waals surface area contributed by atoms with Crippen molar-refractivity contribution < 1.29 is 13.6 Å². The monoisotopic (exact) mass is 225 g/mol. The van der Waals surface area contributed by atoms with Crippen molar-refractivity contribution in [1.29, 1.82) is 0 Å². The number of aromatic nitrogens is 1. The topological polar surface area (TPSA) is 30.0 Å². The van der Waals surface area contributed by atoms with Gasteiger partial charge in [-0.2, -0.15) is 0 Å². The lowest BCUT2D eigenvalue weighted by molar-refractivity contribution is 0.111. The molecular formula is C7H3Cl2F2NO. The third-order valence-electron chi connectivity index (χ3n) is 1.29. The van der Waals surface area contributed by atoms with Gasteiger partial charge in [0.15, 0.2) is 6.29 Å². The normalized spacial score (nSPS) is 10.5. The van der Waals surface area contributed by atoms with E-state index in [1.54, 1.807) is 0 Å². The maximum atomic E-state index is 12.2. The molecule has 0 amide bonds. The second-order valence-corrected chi connectivity index (χ2v) is 2.93. The number of carbonyl (C=O) groups excluding carboxylic acids is 1. The van der Waals surface area contributed by atoms with Crippen LogP contribution in [0, 0.1) is 0 Å². The van der Waals surface area contributed by atoms with Crippen molar-refractivity contribution in [2.75, 3.05) is 0 Å². The van der Waals surface area contributed by atoms with Crippen molar-refractivity contribution in [2.45, 2.75) is 6.43 Å². The number of pyridine rings is 1. The van der Waals surface area contributed by atoms with Gasteiger partial charge in [-0.05, 0) is 6.07 Å². The Morgan fingerprint density at radius 3 is 2.54 bits per heavy atom. The van der Waals surface area contributed by atoms with Gasteiger partial charge >= 0.3 is 0 Å². The number of hydrogen-bond donors (Lipinski definition) is 0. The van der Waals surface area contributed by atoms with Gasteiger partial charge in [-0.25, -0.2) is 13.8 Å². The van der Waals surface area contributed by atoms with E-state index in [1.165, 1.54) is 0 Å². The van der Waals surface area contributed by atoms with Crippen LogP contribution in [0.2, 0.25) is 10.0 Å². The first-order valence-corrected chi connectivity index (χ1v) is 3.91. The van der Waals surface area contributed by atoms with Crippen LogP contribution < -0.4 is 0 Å². The Hall–Kier alpha value is -0.740. The molecule has 0 bridgehead atoms. The average molecular weight is 226 g/mol. The van der Waals surface area contributed by atoms with Crippen LogP contribution in [0.3, 0.4) is 0 Å². The molecule has 1 aromatic heterocycles. The molecule has 0 spiro atoms. The maximum Gasteiger partial charge on any atom is 0.281 e. The van der Waals surface area contributed by atoms with Gasteiger partial charge in [0.25, 0.3) is 6.43 Å². The Morgan fingerprint density at radius 2 is 2.08 bits per heavy atom. The average Bonchev–Trinajstić information content (AvgIpc) is 2.09. The summed E-state index contributed by atoms with van der Waals surface area (Å²) in [6.07, 6.45) is -2.52. The Kier molecular flexibility index (Phi) is 3.17. The van der Waals surface area contributed by atoms with E-state index in [1.807, 2.05) is 0 Å². The molecule has 0 atom stereocenters. The van der Waals surface area contributed by atoms with Crippen LogP contribution in [0.1, 0.15) is 22.6 Å². The van der Waals surface area contributed by atoms with E-state index in [9.17, 15) is 13.6 Å². The van der Waals surface area contributed by atoms with E-state index in [2.05, 4.69) is 4.98 Å². The Labute approximate surface area is 82.5 Å². The molecule has 1 rings (SSSR count). The van der Waals surface area contributed by atoms with Crippen LogP contribution in [0.4, 0.5) is 8.78 Å². The molecule has 1 aromatic rings. The fourth-order valence-corrected chi connectivity index (χ4v) is 1.13. The fourth-order valence-electron chi connectivity index (χ4n) is 0.741. The minimum Gasteiger partial charge on any atom is -0.296 e. The SMILES string of the molecule is O=Cc1cc(Cl)c(Cl)c(C(F)F)n1. The Bertz CT molecular complexity index is 344. The van der Waals surface area contributed by atoms with Gasteiger partial charge < -0.3 is 0 Å². The molecule has 70 valence electrons. The zero-order valence-electron chi connectivity index (χ0n) is 6.10. The molecule has 2 nitrogen and oxygen atoms in total. The Balaban J connectivity index is 3.32. The predicted octanol–water partition coefficient (Wildman–Crippen LogP) is 3.14. The molecule has 6 heteroatoms. The van der Waals surface area contributed by atoms with Gasteiger partial charge in [-0.3, -0.25) is 4.79 Å². The molecule has 0 radical (unpaired) electrons. The summed E-state index contributed by atoms with van der Waals surface area (Å²) in [5, 5.41) is -0.420. The highest BCUT2D eigenvalue weighted by Gasteiger charge is 2.17. The number of carbonyl (C=O) groups is 1. The number of rotatable bonds is 2. The van der Waals surface area contributed by atoms with Crippen LogP contribution >= 0.6 is 23.2 Å². The fraction of sp³-hybridized carbons (Fsp3) is 0.143. The van der Waals surface area contributed by atoms with Crippen LogP contribution in [0.5, 0.6) is 0 Å².